The molecule has 2 aromatic heterocycles. The number of carboxylic acid groups (broad SMARTS) is 1. The van der Waals surface area contributed by atoms with E-state index in [9.17, 15) is 14.7 Å². The number of nitrogens with one attached hydrogen (secondary N) is 2. The van der Waals surface area contributed by atoms with Crippen molar-refractivity contribution in [2.45, 2.75) is 70.9 Å². The molecule has 31 heavy (non-hydrogen) atoms. The molecule has 8 heteroatoms. The Morgan fingerprint density at radius 3 is 2.74 bits per heavy atom. The Bertz CT molecular complexity index is 920. The van der Waals surface area contributed by atoms with Crippen LogP contribution in [-0.2, 0) is 35.2 Å². The highest BCUT2D eigenvalue weighted by Gasteiger charge is 2.21. The molecule has 0 saturated carbocycles. The van der Waals surface area contributed by atoms with Crippen molar-refractivity contribution >= 4 is 29.2 Å². The highest BCUT2D eigenvalue weighted by atomic mass is 32.1. The number of anilines is 1. The fraction of sp³-hybridized carbons (Fsp3) is 0.522. The number of pyridine rings is 1. The van der Waals surface area contributed by atoms with Gasteiger partial charge in [0.05, 0.1) is 12.0 Å². The number of carbonyl (C=O) groups excluding carboxylic acids is 2. The predicted octanol–water partition coefficient (Wildman–Crippen LogP) is 2.86. The normalized spacial score (nSPS) is 14.3. The van der Waals surface area contributed by atoms with Crippen molar-refractivity contribution in [1.82, 2.24) is 10.3 Å². The molecule has 3 rings (SSSR count). The minimum absolute atomic E-state index is 0.171. The van der Waals surface area contributed by atoms with E-state index in [1.54, 1.807) is 32.1 Å². The lowest BCUT2D eigenvalue weighted by Gasteiger charge is -2.24. The van der Waals surface area contributed by atoms with Crippen LogP contribution in [0.1, 0.15) is 54.6 Å². The third-order valence-corrected chi connectivity index (χ3v) is 6.07. The van der Waals surface area contributed by atoms with Gasteiger partial charge in [0.1, 0.15) is 11.4 Å². The average molecular weight is 445 g/mol. The van der Waals surface area contributed by atoms with Crippen LogP contribution in [0.25, 0.3) is 0 Å². The van der Waals surface area contributed by atoms with Gasteiger partial charge < -0.3 is 25.3 Å². The number of thiophene rings is 1. The summed E-state index contributed by atoms with van der Waals surface area (Å²) >= 11 is 1.56. The summed E-state index contributed by atoms with van der Waals surface area (Å²) in [5.41, 5.74) is 1.68. The predicted molar refractivity (Wildman–Crippen MR) is 119 cm³/mol. The van der Waals surface area contributed by atoms with Crippen molar-refractivity contribution in [2.24, 2.45) is 0 Å². The Morgan fingerprint density at radius 1 is 1.23 bits per heavy atom. The van der Waals surface area contributed by atoms with Crippen LogP contribution < -0.4 is 15.7 Å². The second-order valence-corrected chi connectivity index (χ2v) is 10.0. The zero-order chi connectivity index (χ0) is 22.4. The largest absolute Gasteiger partial charge is 0.548 e. The van der Waals surface area contributed by atoms with Gasteiger partial charge in [-0.3, -0.25) is 0 Å². The quantitative estimate of drug-likeness (QED) is 0.649. The number of aromatic nitrogens is 1. The van der Waals surface area contributed by atoms with Gasteiger partial charge in [-0.2, -0.15) is 0 Å². The molecule has 3 heterocycles. The molecule has 0 saturated heterocycles. The second kappa shape index (κ2) is 10.1. The summed E-state index contributed by atoms with van der Waals surface area (Å²) in [6, 6.07) is 7.08. The zero-order valence-electron chi connectivity index (χ0n) is 18.3. The number of aryl methyl sites for hydroxylation is 3. The molecule has 0 unspecified atom stereocenters. The lowest BCUT2D eigenvalue weighted by molar-refractivity contribution is -0.308. The molecule has 2 aromatic rings. The Labute approximate surface area is 187 Å². The Hall–Kier alpha value is -2.61. The highest BCUT2D eigenvalue weighted by molar-refractivity contribution is 7.12. The van der Waals surface area contributed by atoms with E-state index in [1.165, 1.54) is 10.4 Å². The molecule has 0 radical (unpaired) electrons. The number of hydrogen-bond acceptors (Lipinski definition) is 7. The van der Waals surface area contributed by atoms with Crippen molar-refractivity contribution in [3.05, 3.63) is 45.3 Å². The standard InChI is InChI=1S/C23H31N3O4S/c1-23(2,3)30-22(29)26-19(21(27)28)14-18-12-11-17(31-18)8-4-7-16-10-9-15-6-5-13-24-20(15)25-16/h9-12,19H,4-8,13-14H2,1-3H3,(H,24,25)(H,26,29)(H,27,28)/p-1/t19-/m0/s1. The number of carbonyl (C=O) groups is 2. The zero-order valence-corrected chi connectivity index (χ0v) is 19.1. The number of fused-ring (bicyclic) bond motifs is 1. The first-order chi connectivity index (χ1) is 14.7. The van der Waals surface area contributed by atoms with Crippen LogP contribution >= 0.6 is 11.3 Å². The van der Waals surface area contributed by atoms with Crippen molar-refractivity contribution in [3.8, 4) is 0 Å². The molecule has 1 aliphatic rings. The van der Waals surface area contributed by atoms with Crippen LogP contribution in [-0.4, -0.2) is 35.2 Å². The summed E-state index contributed by atoms with van der Waals surface area (Å²) in [4.78, 5) is 30.2. The second-order valence-electron chi connectivity index (χ2n) is 8.78. The molecule has 0 aliphatic carbocycles. The lowest BCUT2D eigenvalue weighted by Crippen LogP contribution is -2.50. The van der Waals surface area contributed by atoms with E-state index in [0.717, 1.165) is 55.0 Å². The van der Waals surface area contributed by atoms with Crippen LogP contribution in [0.2, 0.25) is 0 Å². The first-order valence-electron chi connectivity index (χ1n) is 10.7. The average Bonchev–Trinajstić information content (AvgIpc) is 3.13. The number of hydrogen-bond donors (Lipinski definition) is 2. The summed E-state index contributed by atoms with van der Waals surface area (Å²) in [6.07, 6.45) is 4.40. The van der Waals surface area contributed by atoms with E-state index in [-0.39, 0.29) is 6.42 Å². The van der Waals surface area contributed by atoms with Crippen molar-refractivity contribution in [2.75, 3.05) is 11.9 Å². The van der Waals surface area contributed by atoms with Crippen molar-refractivity contribution in [1.29, 1.82) is 0 Å². The van der Waals surface area contributed by atoms with Crippen LogP contribution in [0.15, 0.2) is 24.3 Å². The summed E-state index contributed by atoms with van der Waals surface area (Å²) in [7, 11) is 0. The number of aliphatic carboxylic acids is 1. The summed E-state index contributed by atoms with van der Waals surface area (Å²) < 4.78 is 5.14. The maximum atomic E-state index is 11.9. The van der Waals surface area contributed by atoms with Gasteiger partial charge in [0.15, 0.2) is 0 Å². The molecule has 2 N–H and O–H groups in total. The third kappa shape index (κ3) is 7.24. The van der Waals surface area contributed by atoms with E-state index in [1.807, 2.05) is 12.1 Å². The van der Waals surface area contributed by atoms with E-state index in [4.69, 9.17) is 9.72 Å². The number of ether oxygens (including phenoxy) is 1. The Morgan fingerprint density at radius 2 is 2.00 bits per heavy atom. The fourth-order valence-corrected chi connectivity index (χ4v) is 4.57. The smallest absolute Gasteiger partial charge is 0.408 e. The summed E-state index contributed by atoms with van der Waals surface area (Å²) in [5, 5.41) is 17.2. The van der Waals surface area contributed by atoms with E-state index in [2.05, 4.69) is 22.8 Å². The van der Waals surface area contributed by atoms with Gasteiger partial charge in [0, 0.05) is 28.4 Å². The van der Waals surface area contributed by atoms with Crippen LogP contribution in [0.5, 0.6) is 0 Å². The molecule has 7 nitrogen and oxygen atoms in total. The van der Waals surface area contributed by atoms with Gasteiger partial charge in [-0.05, 0) is 76.6 Å². The maximum Gasteiger partial charge on any atom is 0.408 e. The molecule has 0 spiro atoms. The first kappa shape index (κ1) is 23.1. The number of amides is 1. The van der Waals surface area contributed by atoms with Crippen LogP contribution in [0.3, 0.4) is 0 Å². The Kier molecular flexibility index (Phi) is 7.54. The third-order valence-electron chi connectivity index (χ3n) is 4.91. The topological polar surface area (TPSA) is 103 Å². The molecule has 1 amide bonds. The monoisotopic (exact) mass is 444 g/mol. The number of carboxylic acids is 1. The minimum atomic E-state index is -1.33. The molecule has 1 aliphatic heterocycles. The van der Waals surface area contributed by atoms with E-state index >= 15 is 0 Å². The number of rotatable bonds is 8. The molecule has 0 aromatic carbocycles. The SMILES string of the molecule is CC(C)(C)OC(=O)N[C@@H](Cc1ccc(CCCc2ccc3c(n2)NCCC3)s1)C(=O)[O-]. The Balaban J connectivity index is 1.49. The van der Waals surface area contributed by atoms with Gasteiger partial charge in [-0.1, -0.05) is 6.07 Å². The summed E-state index contributed by atoms with van der Waals surface area (Å²) in [5.74, 6) is -0.305. The first-order valence-corrected chi connectivity index (χ1v) is 11.5. The molecule has 0 bridgehead atoms. The molecule has 0 fully saturated rings. The van der Waals surface area contributed by atoms with Gasteiger partial charge in [0.2, 0.25) is 0 Å². The van der Waals surface area contributed by atoms with Crippen molar-refractivity contribution in [3.63, 3.8) is 0 Å². The molecular weight excluding hydrogens is 414 g/mol. The van der Waals surface area contributed by atoms with Gasteiger partial charge >= 0.3 is 6.09 Å². The highest BCUT2D eigenvalue weighted by Crippen LogP contribution is 2.22. The maximum absolute atomic E-state index is 11.9. The van der Waals surface area contributed by atoms with Crippen LogP contribution in [0, 0.1) is 0 Å². The summed E-state index contributed by atoms with van der Waals surface area (Å²) in [6.45, 7) is 6.16. The lowest BCUT2D eigenvalue weighted by atomic mass is 10.1. The molecular formula is C23H30N3O4S-. The molecule has 168 valence electrons. The molecule has 1 atom stereocenters. The van der Waals surface area contributed by atoms with Gasteiger partial charge in [-0.25, -0.2) is 9.78 Å². The van der Waals surface area contributed by atoms with Gasteiger partial charge in [-0.15, -0.1) is 11.3 Å². The van der Waals surface area contributed by atoms with Crippen molar-refractivity contribution < 1.29 is 19.4 Å². The fourth-order valence-electron chi connectivity index (χ4n) is 3.46. The van der Waals surface area contributed by atoms with E-state index in [0.29, 0.717) is 0 Å². The van der Waals surface area contributed by atoms with Crippen LogP contribution in [0.4, 0.5) is 10.6 Å². The minimum Gasteiger partial charge on any atom is -0.548 e. The number of alkyl carbamates (subject to hydrolysis) is 1. The van der Waals surface area contributed by atoms with E-state index < -0.39 is 23.7 Å². The van der Waals surface area contributed by atoms with Gasteiger partial charge in [0.25, 0.3) is 0 Å². The number of nitrogens with zero attached hydrogens (tertiary/aromatic N) is 1.